The van der Waals surface area contributed by atoms with Crippen LogP contribution in [-0.4, -0.2) is 36.2 Å². The molecular weight excluding hydrogens is 491 g/mol. The van der Waals surface area contributed by atoms with Crippen LogP contribution in [0.15, 0.2) is 60.7 Å². The Morgan fingerprint density at radius 2 is 1.60 bits per heavy atom. The summed E-state index contributed by atoms with van der Waals surface area (Å²) in [6.45, 7) is 0.00500. The fraction of sp³-hybridized carbons (Fsp3) is 0.115. The Morgan fingerprint density at radius 3 is 2.23 bits per heavy atom. The van der Waals surface area contributed by atoms with Crippen molar-refractivity contribution in [2.45, 2.75) is 5.92 Å². The average molecular weight is 509 g/mol. The largest absolute Gasteiger partial charge is 0.478 e. The standard InChI is InChI=1S/C26H18Cl2N2O5/c27-15-12-20(25(32)33)24(22(28)13-15)30-23(31)10-5-11-29-26(34)35-14-21-18-8-3-1-6-16(18)17-7-2-4-9-19(17)21/h1-4,6-9,12-13,21H,11,14H2,(H,29,34)(H,30,31)(H,32,33). The molecule has 35 heavy (non-hydrogen) atoms. The topological polar surface area (TPSA) is 105 Å². The number of carboxylic acid groups (broad SMARTS) is 1. The van der Waals surface area contributed by atoms with Crippen LogP contribution in [0, 0.1) is 11.8 Å². The van der Waals surface area contributed by atoms with E-state index in [0.29, 0.717) is 0 Å². The molecule has 9 heteroatoms. The van der Waals surface area contributed by atoms with E-state index in [1.54, 1.807) is 0 Å². The number of halogens is 2. The molecule has 0 radical (unpaired) electrons. The number of ether oxygens (including phenoxy) is 1. The fourth-order valence-corrected chi connectivity index (χ4v) is 4.45. The van der Waals surface area contributed by atoms with Crippen LogP contribution in [0.4, 0.5) is 10.5 Å². The molecule has 0 unspecified atom stereocenters. The number of carbonyl (C=O) groups is 3. The van der Waals surface area contributed by atoms with Gasteiger partial charge in [0.1, 0.15) is 6.61 Å². The van der Waals surface area contributed by atoms with E-state index in [1.807, 2.05) is 48.5 Å². The van der Waals surface area contributed by atoms with E-state index in [4.69, 9.17) is 27.9 Å². The van der Waals surface area contributed by atoms with Crippen LogP contribution < -0.4 is 10.6 Å². The SMILES string of the molecule is O=C(C#CCNC(=O)OCC1c2ccccc2-c2ccccc21)Nc1c(Cl)cc(Cl)cc1C(=O)O. The van der Waals surface area contributed by atoms with E-state index in [2.05, 4.69) is 22.5 Å². The van der Waals surface area contributed by atoms with Gasteiger partial charge in [-0.25, -0.2) is 9.59 Å². The van der Waals surface area contributed by atoms with Crippen molar-refractivity contribution in [1.82, 2.24) is 5.32 Å². The lowest BCUT2D eigenvalue weighted by atomic mass is 9.98. The summed E-state index contributed by atoms with van der Waals surface area (Å²) in [4.78, 5) is 35.6. The Labute approximate surface area is 211 Å². The molecule has 3 aromatic rings. The predicted octanol–water partition coefficient (Wildman–Crippen LogP) is 5.17. The van der Waals surface area contributed by atoms with Gasteiger partial charge < -0.3 is 20.5 Å². The molecule has 0 heterocycles. The van der Waals surface area contributed by atoms with Gasteiger partial charge in [0.15, 0.2) is 0 Å². The highest BCUT2D eigenvalue weighted by atomic mass is 35.5. The minimum absolute atomic E-state index is 0.0400. The molecule has 0 spiro atoms. The van der Waals surface area contributed by atoms with Gasteiger partial charge in [-0.15, -0.1) is 0 Å². The number of alkyl carbamates (subject to hydrolysis) is 1. The van der Waals surface area contributed by atoms with E-state index < -0.39 is 18.0 Å². The third-order valence-electron chi connectivity index (χ3n) is 5.39. The van der Waals surface area contributed by atoms with Crippen LogP contribution in [-0.2, 0) is 9.53 Å². The number of carbonyl (C=O) groups excluding carboxylic acids is 2. The molecule has 0 bridgehead atoms. The van der Waals surface area contributed by atoms with Gasteiger partial charge in [0.2, 0.25) is 0 Å². The summed E-state index contributed by atoms with van der Waals surface area (Å²) in [5.41, 5.74) is 4.06. The monoisotopic (exact) mass is 508 g/mol. The first-order chi connectivity index (χ1) is 16.8. The summed E-state index contributed by atoms with van der Waals surface area (Å²) in [5, 5.41) is 14.1. The number of rotatable bonds is 5. The van der Waals surface area contributed by atoms with Gasteiger partial charge in [-0.1, -0.05) is 77.7 Å². The molecule has 0 saturated carbocycles. The molecule has 0 aliphatic heterocycles. The zero-order valence-corrected chi connectivity index (χ0v) is 19.6. The van der Waals surface area contributed by atoms with Crippen LogP contribution in [0.3, 0.4) is 0 Å². The highest BCUT2D eigenvalue weighted by Gasteiger charge is 2.28. The van der Waals surface area contributed by atoms with Crippen molar-refractivity contribution in [3.05, 3.63) is 87.4 Å². The van der Waals surface area contributed by atoms with Gasteiger partial charge in [0.05, 0.1) is 22.8 Å². The number of aromatic carboxylic acids is 1. The smallest absolute Gasteiger partial charge is 0.407 e. The molecule has 0 fully saturated rings. The Morgan fingerprint density at radius 1 is 0.971 bits per heavy atom. The molecule has 3 N–H and O–H groups in total. The number of carboxylic acids is 1. The maximum Gasteiger partial charge on any atom is 0.407 e. The maximum atomic E-state index is 12.2. The molecule has 1 aliphatic carbocycles. The van der Waals surface area contributed by atoms with Crippen LogP contribution >= 0.6 is 23.2 Å². The third-order valence-corrected chi connectivity index (χ3v) is 5.91. The molecule has 3 aromatic carbocycles. The Hall–Kier alpha value is -3.99. The van der Waals surface area contributed by atoms with Crippen molar-refractivity contribution in [3.63, 3.8) is 0 Å². The molecule has 176 valence electrons. The van der Waals surface area contributed by atoms with E-state index >= 15 is 0 Å². The minimum atomic E-state index is -1.31. The molecule has 1 aliphatic rings. The van der Waals surface area contributed by atoms with Crippen LogP contribution in [0.5, 0.6) is 0 Å². The summed E-state index contributed by atoms with van der Waals surface area (Å²) in [6, 6.07) is 18.5. The highest BCUT2D eigenvalue weighted by molar-refractivity contribution is 6.38. The van der Waals surface area contributed by atoms with Gasteiger partial charge in [-0.05, 0) is 40.3 Å². The first kappa shape index (κ1) is 24.1. The predicted molar refractivity (Wildman–Crippen MR) is 133 cm³/mol. The maximum absolute atomic E-state index is 12.2. The summed E-state index contributed by atoms with van der Waals surface area (Å²) < 4.78 is 5.40. The van der Waals surface area contributed by atoms with E-state index in [9.17, 15) is 19.5 Å². The highest BCUT2D eigenvalue weighted by Crippen LogP contribution is 2.44. The van der Waals surface area contributed by atoms with Crippen molar-refractivity contribution < 1.29 is 24.2 Å². The van der Waals surface area contributed by atoms with Gasteiger partial charge in [0.25, 0.3) is 5.91 Å². The van der Waals surface area contributed by atoms with E-state index in [1.165, 1.54) is 6.07 Å². The van der Waals surface area contributed by atoms with Crippen molar-refractivity contribution >= 4 is 46.9 Å². The molecule has 2 amide bonds. The lowest BCUT2D eigenvalue weighted by molar-refractivity contribution is -0.111. The van der Waals surface area contributed by atoms with Crippen LogP contribution in [0.2, 0.25) is 10.0 Å². The van der Waals surface area contributed by atoms with E-state index in [-0.39, 0.29) is 40.4 Å². The summed E-state index contributed by atoms with van der Waals surface area (Å²) in [7, 11) is 0. The quantitative estimate of drug-likeness (QED) is 0.412. The minimum Gasteiger partial charge on any atom is -0.478 e. The first-order valence-corrected chi connectivity index (χ1v) is 11.2. The number of benzene rings is 3. The number of fused-ring (bicyclic) bond motifs is 3. The average Bonchev–Trinajstić information content (AvgIpc) is 3.15. The van der Waals surface area contributed by atoms with Crippen LogP contribution in [0.25, 0.3) is 11.1 Å². The number of nitrogens with one attached hydrogen (secondary N) is 2. The van der Waals surface area contributed by atoms with Crippen molar-refractivity contribution in [2.75, 3.05) is 18.5 Å². The van der Waals surface area contributed by atoms with Crippen molar-refractivity contribution in [2.24, 2.45) is 0 Å². The molecule has 0 aromatic heterocycles. The number of hydrogen-bond donors (Lipinski definition) is 3. The summed E-state index contributed by atoms with van der Waals surface area (Å²) >= 11 is 11.8. The zero-order chi connectivity index (χ0) is 24.9. The summed E-state index contributed by atoms with van der Waals surface area (Å²) in [6.07, 6.45) is -0.671. The Bertz CT molecular complexity index is 1350. The lowest BCUT2D eigenvalue weighted by Crippen LogP contribution is -2.26. The van der Waals surface area contributed by atoms with Crippen molar-refractivity contribution in [3.8, 4) is 23.0 Å². The molecular formula is C26H18Cl2N2O5. The number of hydrogen-bond acceptors (Lipinski definition) is 4. The second-order valence-corrected chi connectivity index (χ2v) is 8.39. The lowest BCUT2D eigenvalue weighted by Gasteiger charge is -2.14. The van der Waals surface area contributed by atoms with Gasteiger partial charge in [-0.3, -0.25) is 4.79 Å². The first-order valence-electron chi connectivity index (χ1n) is 10.5. The van der Waals surface area contributed by atoms with Gasteiger partial charge in [0, 0.05) is 10.9 Å². The van der Waals surface area contributed by atoms with Gasteiger partial charge in [-0.2, -0.15) is 0 Å². The number of anilines is 1. The summed E-state index contributed by atoms with van der Waals surface area (Å²) in [5.74, 6) is 2.57. The molecule has 0 saturated heterocycles. The van der Waals surface area contributed by atoms with E-state index in [0.717, 1.165) is 28.3 Å². The van der Waals surface area contributed by atoms with Gasteiger partial charge >= 0.3 is 12.1 Å². The zero-order valence-electron chi connectivity index (χ0n) is 18.1. The second kappa shape index (κ2) is 10.5. The van der Waals surface area contributed by atoms with Crippen molar-refractivity contribution in [1.29, 1.82) is 0 Å². The number of amides is 2. The Balaban J connectivity index is 1.31. The third kappa shape index (κ3) is 5.40. The molecule has 7 nitrogen and oxygen atoms in total. The fourth-order valence-electron chi connectivity index (χ4n) is 3.90. The molecule has 4 rings (SSSR count). The second-order valence-electron chi connectivity index (χ2n) is 7.55. The molecule has 0 atom stereocenters. The Kier molecular flexibility index (Phi) is 7.25. The van der Waals surface area contributed by atoms with Crippen LogP contribution in [0.1, 0.15) is 27.4 Å². The normalized spacial score (nSPS) is 11.5.